The summed E-state index contributed by atoms with van der Waals surface area (Å²) < 4.78 is 0. The van der Waals surface area contributed by atoms with Crippen LogP contribution in [-0.4, -0.2) is 26.0 Å². The van der Waals surface area contributed by atoms with E-state index in [0.717, 1.165) is 13.0 Å². The normalized spacial score (nSPS) is 10.6. The minimum atomic E-state index is 0.105. The Balaban J connectivity index is 3.01. The van der Waals surface area contributed by atoms with Crippen LogP contribution in [0.25, 0.3) is 0 Å². The van der Waals surface area contributed by atoms with Gasteiger partial charge < -0.3 is 10.6 Å². The predicted octanol–water partition coefficient (Wildman–Crippen LogP) is 3.24. The molecule has 2 N–H and O–H groups in total. The summed E-state index contributed by atoms with van der Waals surface area (Å²) >= 11 is 0. The molecule has 0 aliphatic rings. The third kappa shape index (κ3) is 13.5. The maximum absolute atomic E-state index is 11.1. The Morgan fingerprint density at radius 1 is 0.833 bits per heavy atom. The lowest BCUT2D eigenvalue weighted by Gasteiger charge is -2.04. The number of carbonyl (C=O) groups excluding carboxylic acids is 1. The molecule has 0 atom stereocenters. The Bertz CT molecular complexity index is 183. The van der Waals surface area contributed by atoms with Crippen LogP contribution >= 0.6 is 0 Å². The number of hydrogen-bond acceptors (Lipinski definition) is 2. The molecule has 0 bridgehead atoms. The number of rotatable bonds is 13. The van der Waals surface area contributed by atoms with Gasteiger partial charge in [0.1, 0.15) is 0 Å². The Labute approximate surface area is 113 Å². The van der Waals surface area contributed by atoms with Gasteiger partial charge in [-0.2, -0.15) is 0 Å². The number of nitrogens with one attached hydrogen (secondary N) is 2. The van der Waals surface area contributed by atoms with E-state index in [-0.39, 0.29) is 5.91 Å². The summed E-state index contributed by atoms with van der Waals surface area (Å²) in [4.78, 5) is 11.1. The van der Waals surface area contributed by atoms with Gasteiger partial charge in [-0.15, -0.1) is 0 Å². The molecule has 0 unspecified atom stereocenters. The third-order valence-corrected chi connectivity index (χ3v) is 3.19. The fraction of sp³-hybridized carbons (Fsp3) is 0.933. The summed E-state index contributed by atoms with van der Waals surface area (Å²) in [5.74, 6) is 0.105. The molecular weight excluding hydrogens is 224 g/mol. The van der Waals surface area contributed by atoms with Crippen molar-refractivity contribution in [3.05, 3.63) is 0 Å². The van der Waals surface area contributed by atoms with E-state index < -0.39 is 0 Å². The summed E-state index contributed by atoms with van der Waals surface area (Å²) in [6.45, 7) is 3.52. The van der Waals surface area contributed by atoms with E-state index in [0.29, 0.717) is 6.54 Å². The van der Waals surface area contributed by atoms with Crippen LogP contribution in [0.3, 0.4) is 0 Å². The van der Waals surface area contributed by atoms with Gasteiger partial charge in [-0.25, -0.2) is 0 Å². The van der Waals surface area contributed by atoms with Gasteiger partial charge in [0.2, 0.25) is 5.91 Å². The third-order valence-electron chi connectivity index (χ3n) is 3.19. The zero-order valence-electron chi connectivity index (χ0n) is 12.4. The summed E-state index contributed by atoms with van der Waals surface area (Å²) in [5, 5.41) is 5.75. The zero-order valence-corrected chi connectivity index (χ0v) is 12.4. The highest BCUT2D eigenvalue weighted by molar-refractivity contribution is 5.77. The second kappa shape index (κ2) is 14.5. The summed E-state index contributed by atoms with van der Waals surface area (Å²) in [7, 11) is 1.79. The molecule has 0 aliphatic heterocycles. The van der Waals surface area contributed by atoms with Crippen LogP contribution in [0.15, 0.2) is 0 Å². The quantitative estimate of drug-likeness (QED) is 0.497. The molecule has 0 spiro atoms. The standard InChI is InChI=1S/C15H32N2O/c1-3-4-5-6-7-8-9-10-11-12-13-17-15(18)14-16-2/h16H,3-14H2,1-2H3,(H,17,18). The molecule has 3 heteroatoms. The molecule has 0 aromatic heterocycles. The van der Waals surface area contributed by atoms with Gasteiger partial charge in [0.05, 0.1) is 6.54 Å². The number of carbonyl (C=O) groups is 1. The van der Waals surface area contributed by atoms with Gasteiger partial charge in [-0.05, 0) is 13.5 Å². The zero-order chi connectivity index (χ0) is 13.5. The molecule has 0 saturated carbocycles. The van der Waals surface area contributed by atoms with E-state index in [1.54, 1.807) is 7.05 Å². The van der Waals surface area contributed by atoms with Gasteiger partial charge >= 0.3 is 0 Å². The van der Waals surface area contributed by atoms with Gasteiger partial charge in [0, 0.05) is 6.54 Å². The van der Waals surface area contributed by atoms with Gasteiger partial charge in [-0.3, -0.25) is 4.79 Å². The maximum Gasteiger partial charge on any atom is 0.233 e. The lowest BCUT2D eigenvalue weighted by Crippen LogP contribution is -2.32. The van der Waals surface area contributed by atoms with E-state index in [4.69, 9.17) is 0 Å². The molecule has 0 radical (unpaired) electrons. The molecule has 0 heterocycles. The second-order valence-corrected chi connectivity index (χ2v) is 5.06. The number of hydrogen-bond donors (Lipinski definition) is 2. The summed E-state index contributed by atoms with van der Waals surface area (Å²) in [5.41, 5.74) is 0. The lowest BCUT2D eigenvalue weighted by molar-refractivity contribution is -0.120. The van der Waals surface area contributed by atoms with E-state index in [2.05, 4.69) is 17.6 Å². The van der Waals surface area contributed by atoms with E-state index in [1.165, 1.54) is 57.8 Å². The highest BCUT2D eigenvalue weighted by atomic mass is 16.1. The van der Waals surface area contributed by atoms with Crippen LogP contribution in [-0.2, 0) is 4.79 Å². The van der Waals surface area contributed by atoms with Crippen LogP contribution in [0, 0.1) is 0 Å². The first-order valence-corrected chi connectivity index (χ1v) is 7.72. The fourth-order valence-corrected chi connectivity index (χ4v) is 2.06. The SMILES string of the molecule is CCCCCCCCCCCCNC(=O)CNC. The van der Waals surface area contributed by atoms with Crippen LogP contribution in [0.1, 0.15) is 71.1 Å². The predicted molar refractivity (Wildman–Crippen MR) is 78.8 cm³/mol. The number of amides is 1. The van der Waals surface area contributed by atoms with E-state index in [9.17, 15) is 4.79 Å². The molecule has 0 aromatic rings. The Morgan fingerprint density at radius 3 is 1.83 bits per heavy atom. The minimum absolute atomic E-state index is 0.105. The summed E-state index contributed by atoms with van der Waals surface area (Å²) in [6, 6.07) is 0. The molecule has 0 aliphatic carbocycles. The van der Waals surface area contributed by atoms with Crippen molar-refractivity contribution in [2.45, 2.75) is 71.1 Å². The largest absolute Gasteiger partial charge is 0.355 e. The Morgan fingerprint density at radius 2 is 1.33 bits per heavy atom. The molecule has 1 amide bonds. The van der Waals surface area contributed by atoms with Crippen LogP contribution in [0.4, 0.5) is 0 Å². The first kappa shape index (κ1) is 17.4. The smallest absolute Gasteiger partial charge is 0.233 e. The fourth-order valence-electron chi connectivity index (χ4n) is 2.06. The first-order chi connectivity index (χ1) is 8.81. The average molecular weight is 256 g/mol. The van der Waals surface area contributed by atoms with Gasteiger partial charge in [0.25, 0.3) is 0 Å². The number of likely N-dealkylation sites (N-methyl/N-ethyl adjacent to an activating group) is 1. The minimum Gasteiger partial charge on any atom is -0.355 e. The average Bonchev–Trinajstić information content (AvgIpc) is 2.36. The van der Waals surface area contributed by atoms with Gasteiger partial charge in [0.15, 0.2) is 0 Å². The van der Waals surface area contributed by atoms with Crippen molar-refractivity contribution in [3.8, 4) is 0 Å². The van der Waals surface area contributed by atoms with E-state index in [1.807, 2.05) is 0 Å². The first-order valence-electron chi connectivity index (χ1n) is 7.72. The molecular formula is C15H32N2O. The number of unbranched alkanes of at least 4 members (excludes halogenated alkanes) is 9. The van der Waals surface area contributed by atoms with Crippen molar-refractivity contribution >= 4 is 5.91 Å². The highest BCUT2D eigenvalue weighted by Gasteiger charge is 1.97. The molecule has 3 nitrogen and oxygen atoms in total. The van der Waals surface area contributed by atoms with Crippen LogP contribution < -0.4 is 10.6 Å². The van der Waals surface area contributed by atoms with Crippen molar-refractivity contribution in [3.63, 3.8) is 0 Å². The molecule has 18 heavy (non-hydrogen) atoms. The molecule has 108 valence electrons. The van der Waals surface area contributed by atoms with Crippen molar-refractivity contribution in [1.82, 2.24) is 10.6 Å². The second-order valence-electron chi connectivity index (χ2n) is 5.06. The van der Waals surface area contributed by atoms with Crippen LogP contribution in [0.2, 0.25) is 0 Å². The maximum atomic E-state index is 11.1. The molecule has 0 rings (SSSR count). The molecule has 0 saturated heterocycles. The van der Waals surface area contributed by atoms with Crippen molar-refractivity contribution in [2.24, 2.45) is 0 Å². The monoisotopic (exact) mass is 256 g/mol. The van der Waals surface area contributed by atoms with Crippen molar-refractivity contribution in [2.75, 3.05) is 20.1 Å². The molecule has 0 fully saturated rings. The lowest BCUT2D eigenvalue weighted by atomic mass is 10.1. The summed E-state index contributed by atoms with van der Waals surface area (Å²) in [6.07, 6.45) is 13.4. The highest BCUT2D eigenvalue weighted by Crippen LogP contribution is 2.10. The van der Waals surface area contributed by atoms with Crippen molar-refractivity contribution < 1.29 is 4.79 Å². The topological polar surface area (TPSA) is 41.1 Å². The van der Waals surface area contributed by atoms with Crippen molar-refractivity contribution in [1.29, 1.82) is 0 Å². The molecule has 0 aromatic carbocycles. The Kier molecular flexibility index (Phi) is 14.0. The van der Waals surface area contributed by atoms with Gasteiger partial charge in [-0.1, -0.05) is 64.7 Å². The van der Waals surface area contributed by atoms with E-state index >= 15 is 0 Å². The Hall–Kier alpha value is -0.570. The van der Waals surface area contributed by atoms with Crippen LogP contribution in [0.5, 0.6) is 0 Å².